The van der Waals surface area contributed by atoms with Crippen LogP contribution in [0.25, 0.3) is 0 Å². The maximum atomic E-state index is 11.6. The summed E-state index contributed by atoms with van der Waals surface area (Å²) in [5.74, 6) is 1.12. The van der Waals surface area contributed by atoms with Crippen molar-refractivity contribution in [1.29, 1.82) is 0 Å². The molecule has 0 radical (unpaired) electrons. The van der Waals surface area contributed by atoms with Gasteiger partial charge in [0.15, 0.2) is 0 Å². The molecule has 7 nitrogen and oxygen atoms in total. The number of likely N-dealkylation sites (tertiary alicyclic amines) is 1. The van der Waals surface area contributed by atoms with Gasteiger partial charge < -0.3 is 18.9 Å². The SMILES string of the molecule is COCCn1ccnc1CN1CC[C@@]2(C1)CN(C)C(=O)CO2. The van der Waals surface area contributed by atoms with Crippen LogP contribution >= 0.6 is 0 Å². The van der Waals surface area contributed by atoms with Crippen molar-refractivity contribution in [1.82, 2.24) is 19.4 Å². The average Bonchev–Trinajstić information content (AvgIpc) is 3.10. The van der Waals surface area contributed by atoms with Crippen LogP contribution < -0.4 is 0 Å². The van der Waals surface area contributed by atoms with Gasteiger partial charge in [-0.3, -0.25) is 9.69 Å². The standard InChI is InChI=1S/C15H24N4O3/c1-17-11-15(22-10-14(17)20)3-5-18(12-15)9-13-16-4-6-19(13)7-8-21-2/h4,6H,3,5,7-12H2,1-2H3/t15-/m0/s1. The summed E-state index contributed by atoms with van der Waals surface area (Å²) in [5, 5.41) is 0. The molecule has 1 aromatic heterocycles. The van der Waals surface area contributed by atoms with E-state index < -0.39 is 0 Å². The zero-order valence-electron chi connectivity index (χ0n) is 13.3. The Balaban J connectivity index is 1.59. The lowest BCUT2D eigenvalue weighted by molar-refractivity contribution is -0.159. The molecule has 1 spiro atoms. The van der Waals surface area contributed by atoms with Crippen LogP contribution in [0.2, 0.25) is 0 Å². The summed E-state index contributed by atoms with van der Waals surface area (Å²) in [6, 6.07) is 0. The summed E-state index contributed by atoms with van der Waals surface area (Å²) in [4.78, 5) is 20.2. The quantitative estimate of drug-likeness (QED) is 0.764. The number of imidazole rings is 1. The number of hydrogen-bond donors (Lipinski definition) is 0. The highest BCUT2D eigenvalue weighted by atomic mass is 16.5. The lowest BCUT2D eigenvalue weighted by atomic mass is 10.0. The minimum absolute atomic E-state index is 0.0687. The van der Waals surface area contributed by atoms with E-state index in [2.05, 4.69) is 14.5 Å². The number of carbonyl (C=O) groups excluding carboxylic acids is 1. The molecule has 1 aromatic rings. The normalized spacial score (nSPS) is 26.3. The van der Waals surface area contributed by atoms with Crippen LogP contribution in [-0.4, -0.2) is 77.9 Å². The Bertz CT molecular complexity index is 533. The van der Waals surface area contributed by atoms with Crippen LogP contribution in [-0.2, 0) is 27.4 Å². The molecule has 2 aliphatic rings. The zero-order valence-corrected chi connectivity index (χ0v) is 13.3. The number of likely N-dealkylation sites (N-methyl/N-ethyl adjacent to an activating group) is 1. The van der Waals surface area contributed by atoms with Crippen molar-refractivity contribution >= 4 is 5.91 Å². The molecular weight excluding hydrogens is 284 g/mol. The Hall–Kier alpha value is -1.44. The Morgan fingerprint density at radius 3 is 3.09 bits per heavy atom. The molecule has 2 fully saturated rings. The van der Waals surface area contributed by atoms with Crippen molar-refractivity contribution in [2.75, 3.05) is 47.0 Å². The maximum absolute atomic E-state index is 11.6. The van der Waals surface area contributed by atoms with Crippen LogP contribution in [0.5, 0.6) is 0 Å². The molecule has 0 saturated carbocycles. The van der Waals surface area contributed by atoms with Gasteiger partial charge in [-0.1, -0.05) is 0 Å². The number of morpholine rings is 1. The second kappa shape index (κ2) is 6.36. The summed E-state index contributed by atoms with van der Waals surface area (Å²) < 4.78 is 13.1. The van der Waals surface area contributed by atoms with Gasteiger partial charge in [0.05, 0.1) is 19.7 Å². The lowest BCUT2D eigenvalue weighted by Gasteiger charge is -2.38. The van der Waals surface area contributed by atoms with Crippen LogP contribution in [0.3, 0.4) is 0 Å². The number of rotatable bonds is 5. The van der Waals surface area contributed by atoms with E-state index in [0.717, 1.165) is 38.4 Å². The molecule has 3 heterocycles. The molecule has 0 bridgehead atoms. The van der Waals surface area contributed by atoms with E-state index in [0.29, 0.717) is 13.2 Å². The first-order chi connectivity index (χ1) is 10.6. The highest BCUT2D eigenvalue weighted by Crippen LogP contribution is 2.29. The minimum atomic E-state index is -0.202. The molecule has 122 valence electrons. The Morgan fingerprint density at radius 1 is 1.45 bits per heavy atom. The van der Waals surface area contributed by atoms with Crippen molar-refractivity contribution in [3.8, 4) is 0 Å². The van der Waals surface area contributed by atoms with Crippen molar-refractivity contribution < 1.29 is 14.3 Å². The lowest BCUT2D eigenvalue weighted by Crippen LogP contribution is -2.54. The Kier molecular flexibility index (Phi) is 4.46. The van der Waals surface area contributed by atoms with Crippen molar-refractivity contribution in [3.63, 3.8) is 0 Å². The zero-order chi connectivity index (χ0) is 15.6. The number of methoxy groups -OCH3 is 1. The van der Waals surface area contributed by atoms with E-state index in [1.54, 1.807) is 12.0 Å². The predicted molar refractivity (Wildman–Crippen MR) is 80.3 cm³/mol. The summed E-state index contributed by atoms with van der Waals surface area (Å²) in [6.07, 6.45) is 4.79. The second-order valence-electron chi connectivity index (χ2n) is 6.21. The fourth-order valence-corrected chi connectivity index (χ4v) is 3.29. The monoisotopic (exact) mass is 308 g/mol. The van der Waals surface area contributed by atoms with E-state index in [1.807, 2.05) is 19.4 Å². The number of hydrogen-bond acceptors (Lipinski definition) is 5. The smallest absolute Gasteiger partial charge is 0.248 e. The van der Waals surface area contributed by atoms with Gasteiger partial charge in [0.25, 0.3) is 0 Å². The molecule has 2 aliphatic heterocycles. The summed E-state index contributed by atoms with van der Waals surface area (Å²) >= 11 is 0. The molecule has 3 rings (SSSR count). The average molecular weight is 308 g/mol. The van der Waals surface area contributed by atoms with Gasteiger partial charge in [0.2, 0.25) is 5.91 Å². The van der Waals surface area contributed by atoms with Crippen molar-refractivity contribution in [2.45, 2.75) is 25.1 Å². The van der Waals surface area contributed by atoms with E-state index in [1.165, 1.54) is 0 Å². The fourth-order valence-electron chi connectivity index (χ4n) is 3.29. The maximum Gasteiger partial charge on any atom is 0.248 e. The Morgan fingerprint density at radius 2 is 2.32 bits per heavy atom. The van der Waals surface area contributed by atoms with Gasteiger partial charge >= 0.3 is 0 Å². The topological polar surface area (TPSA) is 59.8 Å². The van der Waals surface area contributed by atoms with Crippen molar-refractivity contribution in [3.05, 3.63) is 18.2 Å². The molecule has 22 heavy (non-hydrogen) atoms. The van der Waals surface area contributed by atoms with E-state index in [9.17, 15) is 4.79 Å². The number of nitrogens with zero attached hydrogens (tertiary/aromatic N) is 4. The van der Waals surface area contributed by atoms with E-state index >= 15 is 0 Å². The van der Waals surface area contributed by atoms with Crippen LogP contribution in [0.15, 0.2) is 12.4 Å². The highest BCUT2D eigenvalue weighted by molar-refractivity contribution is 5.78. The molecular formula is C15H24N4O3. The second-order valence-corrected chi connectivity index (χ2v) is 6.21. The number of ether oxygens (including phenoxy) is 2. The van der Waals surface area contributed by atoms with Crippen LogP contribution in [0, 0.1) is 0 Å². The minimum Gasteiger partial charge on any atom is -0.383 e. The number of carbonyl (C=O) groups is 1. The molecule has 0 unspecified atom stereocenters. The summed E-state index contributed by atoms with van der Waals surface area (Å²) in [6.45, 7) is 5.01. The van der Waals surface area contributed by atoms with Crippen LogP contribution in [0.1, 0.15) is 12.2 Å². The highest BCUT2D eigenvalue weighted by Gasteiger charge is 2.44. The number of aromatic nitrogens is 2. The Labute approximate surface area is 130 Å². The fraction of sp³-hybridized carbons (Fsp3) is 0.733. The van der Waals surface area contributed by atoms with Gasteiger partial charge in [-0.15, -0.1) is 0 Å². The summed E-state index contributed by atoms with van der Waals surface area (Å²) in [7, 11) is 3.56. The van der Waals surface area contributed by atoms with Gasteiger partial charge in [0, 0.05) is 46.2 Å². The van der Waals surface area contributed by atoms with Crippen molar-refractivity contribution in [2.24, 2.45) is 0 Å². The van der Waals surface area contributed by atoms with E-state index in [4.69, 9.17) is 9.47 Å². The van der Waals surface area contributed by atoms with E-state index in [-0.39, 0.29) is 18.1 Å². The molecule has 0 N–H and O–H groups in total. The first-order valence-electron chi connectivity index (χ1n) is 7.71. The first kappa shape index (κ1) is 15.5. The molecule has 7 heteroatoms. The third-order valence-electron chi connectivity index (χ3n) is 4.55. The van der Waals surface area contributed by atoms with Gasteiger partial charge in [0.1, 0.15) is 18.0 Å². The third-order valence-corrected chi connectivity index (χ3v) is 4.55. The third kappa shape index (κ3) is 3.16. The van der Waals surface area contributed by atoms with Crippen LogP contribution in [0.4, 0.5) is 0 Å². The first-order valence-corrected chi connectivity index (χ1v) is 7.71. The predicted octanol–water partition coefficient (Wildman–Crippen LogP) is -0.0374. The van der Waals surface area contributed by atoms with Gasteiger partial charge in [-0.2, -0.15) is 0 Å². The van der Waals surface area contributed by atoms with Gasteiger partial charge in [-0.05, 0) is 6.42 Å². The summed E-state index contributed by atoms with van der Waals surface area (Å²) in [5.41, 5.74) is -0.202. The molecule has 1 amide bonds. The molecule has 0 aromatic carbocycles. The molecule has 1 atom stereocenters. The van der Waals surface area contributed by atoms with Gasteiger partial charge in [-0.25, -0.2) is 4.98 Å². The largest absolute Gasteiger partial charge is 0.383 e. The molecule has 2 saturated heterocycles. The molecule has 0 aliphatic carbocycles. The number of amides is 1.